The van der Waals surface area contributed by atoms with Gasteiger partial charge in [0.15, 0.2) is 0 Å². The summed E-state index contributed by atoms with van der Waals surface area (Å²) in [6.07, 6.45) is 1.88. The fraction of sp³-hybridized carbons (Fsp3) is 0.348. The smallest absolute Gasteiger partial charge is 0.228 e. The highest BCUT2D eigenvalue weighted by atomic mass is 35.5. The van der Waals surface area contributed by atoms with Crippen LogP contribution in [0.5, 0.6) is 0 Å². The third kappa shape index (κ3) is 6.43. The van der Waals surface area contributed by atoms with Crippen molar-refractivity contribution in [1.29, 1.82) is 0 Å². The number of halogens is 1. The molecule has 6 heteroatoms. The van der Waals surface area contributed by atoms with Crippen molar-refractivity contribution >= 4 is 17.5 Å². The first-order valence-corrected chi connectivity index (χ1v) is 10.3. The molecule has 5 nitrogen and oxygen atoms in total. The first-order chi connectivity index (χ1) is 14.0. The Balaban J connectivity index is 1.63. The molecule has 1 heterocycles. The zero-order chi connectivity index (χ0) is 20.6. The van der Waals surface area contributed by atoms with E-state index >= 15 is 0 Å². The Morgan fingerprint density at radius 3 is 2.55 bits per heavy atom. The molecule has 0 atom stereocenters. The summed E-state index contributed by atoms with van der Waals surface area (Å²) in [5.41, 5.74) is 2.03. The lowest BCUT2D eigenvalue weighted by Crippen LogP contribution is -2.35. The molecule has 0 radical (unpaired) electrons. The molecule has 2 aromatic carbocycles. The Bertz CT molecular complexity index is 925. The SMILES string of the molecule is CC(C)CC(=O)N(CCc1ccccc1)CCc1nc(-c2cccc(Cl)c2)no1. The van der Waals surface area contributed by atoms with Crippen LogP contribution in [-0.2, 0) is 17.6 Å². The van der Waals surface area contributed by atoms with Crippen LogP contribution in [0.4, 0.5) is 0 Å². The van der Waals surface area contributed by atoms with Crippen LogP contribution in [0.1, 0.15) is 31.7 Å². The molecule has 152 valence electrons. The summed E-state index contributed by atoms with van der Waals surface area (Å²) in [4.78, 5) is 19.1. The maximum Gasteiger partial charge on any atom is 0.228 e. The van der Waals surface area contributed by atoms with Crippen LogP contribution in [0.2, 0.25) is 5.02 Å². The summed E-state index contributed by atoms with van der Waals surface area (Å²) >= 11 is 6.04. The molecule has 0 unspecified atom stereocenters. The van der Waals surface area contributed by atoms with E-state index in [4.69, 9.17) is 16.1 Å². The lowest BCUT2D eigenvalue weighted by atomic mass is 10.1. The lowest BCUT2D eigenvalue weighted by molar-refractivity contribution is -0.132. The van der Waals surface area contributed by atoms with Crippen molar-refractivity contribution in [3.8, 4) is 11.4 Å². The van der Waals surface area contributed by atoms with Gasteiger partial charge in [-0.2, -0.15) is 4.98 Å². The molecule has 0 bridgehead atoms. The second-order valence-corrected chi connectivity index (χ2v) is 7.92. The van der Waals surface area contributed by atoms with Crippen LogP contribution in [0, 0.1) is 5.92 Å². The van der Waals surface area contributed by atoms with Crippen LogP contribution in [0.15, 0.2) is 59.1 Å². The van der Waals surface area contributed by atoms with Gasteiger partial charge in [0.25, 0.3) is 0 Å². The fourth-order valence-electron chi connectivity index (χ4n) is 3.08. The van der Waals surface area contributed by atoms with Gasteiger partial charge in [-0.25, -0.2) is 0 Å². The van der Waals surface area contributed by atoms with E-state index in [1.807, 2.05) is 35.2 Å². The third-order valence-electron chi connectivity index (χ3n) is 4.60. The molecule has 0 N–H and O–H groups in total. The normalized spacial score (nSPS) is 11.0. The van der Waals surface area contributed by atoms with E-state index in [0.717, 1.165) is 12.0 Å². The van der Waals surface area contributed by atoms with E-state index in [2.05, 4.69) is 36.1 Å². The van der Waals surface area contributed by atoms with Gasteiger partial charge in [0.05, 0.1) is 0 Å². The Kier molecular flexibility index (Phi) is 7.42. The number of carbonyl (C=O) groups is 1. The fourth-order valence-corrected chi connectivity index (χ4v) is 3.27. The van der Waals surface area contributed by atoms with E-state index in [9.17, 15) is 4.79 Å². The number of hydrogen-bond acceptors (Lipinski definition) is 4. The second kappa shape index (κ2) is 10.2. The molecule has 29 heavy (non-hydrogen) atoms. The molecule has 0 fully saturated rings. The first-order valence-electron chi connectivity index (χ1n) is 9.91. The molecule has 1 aromatic heterocycles. The summed E-state index contributed by atoms with van der Waals surface area (Å²) in [5, 5.41) is 4.67. The molecular weight excluding hydrogens is 386 g/mol. The summed E-state index contributed by atoms with van der Waals surface area (Å²) in [7, 11) is 0. The van der Waals surface area contributed by atoms with Crippen LogP contribution in [0.25, 0.3) is 11.4 Å². The van der Waals surface area contributed by atoms with Gasteiger partial charge in [0.1, 0.15) is 0 Å². The average Bonchev–Trinajstić information content (AvgIpc) is 3.17. The van der Waals surface area contributed by atoms with Gasteiger partial charge in [-0.15, -0.1) is 0 Å². The Morgan fingerprint density at radius 2 is 1.83 bits per heavy atom. The lowest BCUT2D eigenvalue weighted by Gasteiger charge is -2.23. The highest BCUT2D eigenvalue weighted by Crippen LogP contribution is 2.20. The molecule has 0 aliphatic carbocycles. The Labute approximate surface area is 176 Å². The summed E-state index contributed by atoms with van der Waals surface area (Å²) in [6.45, 7) is 5.34. The first kappa shape index (κ1) is 21.1. The summed E-state index contributed by atoms with van der Waals surface area (Å²) in [5.74, 6) is 1.50. The molecule has 0 saturated heterocycles. The minimum Gasteiger partial charge on any atom is -0.342 e. The van der Waals surface area contributed by atoms with Crippen molar-refractivity contribution in [2.45, 2.75) is 33.1 Å². The van der Waals surface area contributed by atoms with Crippen molar-refractivity contribution in [2.24, 2.45) is 5.92 Å². The monoisotopic (exact) mass is 411 g/mol. The maximum absolute atomic E-state index is 12.7. The highest BCUT2D eigenvalue weighted by molar-refractivity contribution is 6.30. The van der Waals surface area contributed by atoms with Gasteiger partial charge in [0, 0.05) is 36.5 Å². The zero-order valence-corrected chi connectivity index (χ0v) is 17.6. The molecule has 3 rings (SSSR count). The van der Waals surface area contributed by atoms with Crippen molar-refractivity contribution < 1.29 is 9.32 Å². The number of rotatable bonds is 9. The standard InChI is InChI=1S/C23H26ClN3O2/c1-17(2)15-22(28)27(13-11-18-7-4-3-5-8-18)14-12-21-25-23(26-29-21)19-9-6-10-20(24)16-19/h3-10,16-17H,11-15H2,1-2H3. The zero-order valence-electron chi connectivity index (χ0n) is 16.8. The number of carbonyl (C=O) groups excluding carboxylic acids is 1. The van der Waals surface area contributed by atoms with Gasteiger partial charge < -0.3 is 9.42 Å². The van der Waals surface area contributed by atoms with Gasteiger partial charge >= 0.3 is 0 Å². The molecular formula is C23H26ClN3O2. The van der Waals surface area contributed by atoms with E-state index in [1.54, 1.807) is 12.1 Å². The van der Waals surface area contributed by atoms with Crippen molar-refractivity contribution in [3.05, 3.63) is 71.1 Å². The van der Waals surface area contributed by atoms with Crippen LogP contribution in [-0.4, -0.2) is 34.0 Å². The number of nitrogens with zero attached hydrogens (tertiary/aromatic N) is 3. The van der Waals surface area contributed by atoms with Crippen molar-refractivity contribution in [3.63, 3.8) is 0 Å². The topological polar surface area (TPSA) is 59.2 Å². The Morgan fingerprint density at radius 1 is 1.07 bits per heavy atom. The molecule has 0 spiro atoms. The van der Waals surface area contributed by atoms with Crippen molar-refractivity contribution in [2.75, 3.05) is 13.1 Å². The molecule has 1 amide bonds. The minimum absolute atomic E-state index is 0.158. The predicted molar refractivity (Wildman–Crippen MR) is 115 cm³/mol. The van der Waals surface area contributed by atoms with Crippen LogP contribution in [0.3, 0.4) is 0 Å². The van der Waals surface area contributed by atoms with Gasteiger partial charge in [-0.05, 0) is 30.0 Å². The van der Waals surface area contributed by atoms with E-state index in [0.29, 0.717) is 48.6 Å². The van der Waals surface area contributed by atoms with Gasteiger partial charge in [-0.3, -0.25) is 4.79 Å². The van der Waals surface area contributed by atoms with E-state index in [-0.39, 0.29) is 5.91 Å². The maximum atomic E-state index is 12.7. The summed E-state index contributed by atoms with van der Waals surface area (Å²) in [6, 6.07) is 17.5. The Hall–Kier alpha value is -2.66. The molecule has 0 aliphatic heterocycles. The van der Waals surface area contributed by atoms with E-state index in [1.165, 1.54) is 5.56 Å². The number of amides is 1. The number of hydrogen-bond donors (Lipinski definition) is 0. The quantitative estimate of drug-likeness (QED) is 0.494. The number of aromatic nitrogens is 2. The molecule has 3 aromatic rings. The van der Waals surface area contributed by atoms with Gasteiger partial charge in [-0.1, -0.05) is 73.1 Å². The third-order valence-corrected chi connectivity index (χ3v) is 4.83. The number of benzene rings is 2. The average molecular weight is 412 g/mol. The van der Waals surface area contributed by atoms with E-state index < -0.39 is 0 Å². The molecule has 0 saturated carbocycles. The summed E-state index contributed by atoms with van der Waals surface area (Å²) < 4.78 is 5.39. The van der Waals surface area contributed by atoms with Crippen molar-refractivity contribution in [1.82, 2.24) is 15.0 Å². The largest absolute Gasteiger partial charge is 0.342 e. The second-order valence-electron chi connectivity index (χ2n) is 7.49. The minimum atomic E-state index is 0.158. The van der Waals surface area contributed by atoms with Crippen LogP contribution < -0.4 is 0 Å². The highest BCUT2D eigenvalue weighted by Gasteiger charge is 2.17. The predicted octanol–water partition coefficient (Wildman–Crippen LogP) is 5.05. The molecule has 0 aliphatic rings. The van der Waals surface area contributed by atoms with Gasteiger partial charge in [0.2, 0.25) is 17.6 Å². The van der Waals surface area contributed by atoms with Crippen LogP contribution >= 0.6 is 11.6 Å².